The molecule has 0 unspecified atom stereocenters. The summed E-state index contributed by atoms with van der Waals surface area (Å²) in [4.78, 5) is 3.32. The molecule has 0 aliphatic heterocycles. The summed E-state index contributed by atoms with van der Waals surface area (Å²) in [5.41, 5.74) is -0.556. The first-order chi connectivity index (χ1) is 9.20. The number of aromatic nitrogens is 1. The summed E-state index contributed by atoms with van der Waals surface area (Å²) in [6.07, 6.45) is -4.57. The molecule has 106 valence electrons. The summed E-state index contributed by atoms with van der Waals surface area (Å²) in [6, 6.07) is 4.85. The van der Waals surface area contributed by atoms with E-state index in [4.69, 9.17) is 46.4 Å². The minimum absolute atomic E-state index is 0.138. The van der Waals surface area contributed by atoms with Gasteiger partial charge in [-0.25, -0.2) is 4.98 Å². The molecule has 0 saturated carbocycles. The fourth-order valence-electron chi connectivity index (χ4n) is 1.55. The number of hydrogen-bond donors (Lipinski definition) is 0. The lowest BCUT2D eigenvalue weighted by Gasteiger charge is -2.11. The molecule has 1 nitrogen and oxygen atoms in total. The number of halogens is 7. The zero-order valence-electron chi connectivity index (χ0n) is 9.40. The second kappa shape index (κ2) is 5.60. The van der Waals surface area contributed by atoms with Crippen molar-refractivity contribution in [1.29, 1.82) is 0 Å². The zero-order valence-corrected chi connectivity index (χ0v) is 12.4. The third kappa shape index (κ3) is 3.14. The van der Waals surface area contributed by atoms with E-state index in [9.17, 15) is 13.2 Å². The minimum Gasteiger partial charge on any atom is -0.231 e. The van der Waals surface area contributed by atoms with Gasteiger partial charge in [0.05, 0.1) is 10.0 Å². The molecule has 2 rings (SSSR count). The fourth-order valence-corrected chi connectivity index (χ4v) is 2.51. The molecule has 8 heteroatoms. The Hall–Kier alpha value is -0.680. The van der Waals surface area contributed by atoms with Crippen LogP contribution < -0.4 is 0 Å². The molecule has 1 heterocycles. The van der Waals surface area contributed by atoms with E-state index in [0.717, 1.165) is 6.07 Å². The highest BCUT2D eigenvalue weighted by Crippen LogP contribution is 2.40. The second-order valence-corrected chi connectivity index (χ2v) is 5.36. The number of nitrogens with zero attached hydrogens (tertiary/aromatic N) is 1. The largest absolute Gasteiger partial charge is 0.433 e. The van der Waals surface area contributed by atoms with E-state index in [1.54, 1.807) is 0 Å². The molecule has 0 spiro atoms. The SMILES string of the molecule is FC(F)(F)c1ccc(-c2cc(Cl)cc(Cl)c2Cl)c(Cl)n1. The Bertz CT molecular complexity index is 670. The fraction of sp³-hybridized carbons (Fsp3) is 0.0833. The number of rotatable bonds is 1. The molecule has 1 aromatic carbocycles. The van der Waals surface area contributed by atoms with E-state index in [-0.39, 0.29) is 25.8 Å². The Morgan fingerprint density at radius 1 is 0.900 bits per heavy atom. The molecule has 0 aliphatic carbocycles. The lowest BCUT2D eigenvalue weighted by molar-refractivity contribution is -0.141. The van der Waals surface area contributed by atoms with Crippen LogP contribution in [0.5, 0.6) is 0 Å². The van der Waals surface area contributed by atoms with Crippen LogP contribution in [0.4, 0.5) is 13.2 Å². The van der Waals surface area contributed by atoms with Gasteiger partial charge in [-0.1, -0.05) is 46.4 Å². The van der Waals surface area contributed by atoms with Gasteiger partial charge in [-0.15, -0.1) is 0 Å². The molecular weight excluding hydrogens is 357 g/mol. The van der Waals surface area contributed by atoms with Crippen molar-refractivity contribution in [2.75, 3.05) is 0 Å². The highest BCUT2D eigenvalue weighted by atomic mass is 35.5. The van der Waals surface area contributed by atoms with Gasteiger partial charge in [0.2, 0.25) is 0 Å². The Morgan fingerprint density at radius 2 is 1.55 bits per heavy atom. The maximum atomic E-state index is 12.5. The molecule has 20 heavy (non-hydrogen) atoms. The standard InChI is InChI=1S/C12H4Cl4F3N/c13-5-3-7(10(15)8(14)4-5)6-1-2-9(12(17,18)19)20-11(6)16/h1-4H. The second-order valence-electron chi connectivity index (χ2n) is 3.78. The smallest absolute Gasteiger partial charge is 0.231 e. The molecule has 0 atom stereocenters. The van der Waals surface area contributed by atoms with Crippen molar-refractivity contribution in [1.82, 2.24) is 4.98 Å². The predicted molar refractivity (Wildman–Crippen MR) is 74.7 cm³/mol. The molecule has 0 fully saturated rings. The maximum Gasteiger partial charge on any atom is 0.433 e. The van der Waals surface area contributed by atoms with Crippen molar-refractivity contribution < 1.29 is 13.2 Å². The van der Waals surface area contributed by atoms with Crippen LogP contribution in [0.3, 0.4) is 0 Å². The van der Waals surface area contributed by atoms with Crippen molar-refractivity contribution in [2.24, 2.45) is 0 Å². The highest BCUT2D eigenvalue weighted by Gasteiger charge is 2.33. The average Bonchev–Trinajstić information content (AvgIpc) is 2.33. The van der Waals surface area contributed by atoms with Gasteiger partial charge in [0, 0.05) is 16.1 Å². The summed E-state index contributed by atoms with van der Waals surface area (Å²) in [5, 5.41) is 0.259. The monoisotopic (exact) mass is 359 g/mol. The quantitative estimate of drug-likeness (QED) is 0.424. The molecule has 0 saturated heterocycles. The van der Waals surface area contributed by atoms with E-state index >= 15 is 0 Å². The normalized spacial score (nSPS) is 11.8. The number of hydrogen-bond acceptors (Lipinski definition) is 1. The molecular formula is C12H4Cl4F3N. The van der Waals surface area contributed by atoms with E-state index in [0.29, 0.717) is 5.56 Å². The van der Waals surface area contributed by atoms with E-state index in [1.807, 2.05) is 0 Å². The Labute approximate surface area is 132 Å². The van der Waals surface area contributed by atoms with Crippen LogP contribution in [0.2, 0.25) is 20.2 Å². The highest BCUT2D eigenvalue weighted by molar-refractivity contribution is 6.45. The summed E-state index contributed by atoms with van der Waals surface area (Å²) in [6.45, 7) is 0. The van der Waals surface area contributed by atoms with Crippen molar-refractivity contribution in [3.05, 3.63) is 50.2 Å². The van der Waals surface area contributed by atoms with E-state index in [1.165, 1.54) is 18.2 Å². The van der Waals surface area contributed by atoms with Crippen molar-refractivity contribution in [3.8, 4) is 11.1 Å². The number of benzene rings is 1. The number of alkyl halides is 3. The lowest BCUT2D eigenvalue weighted by Crippen LogP contribution is -2.08. The lowest BCUT2D eigenvalue weighted by atomic mass is 10.1. The van der Waals surface area contributed by atoms with Gasteiger partial charge < -0.3 is 0 Å². The number of pyridine rings is 1. The van der Waals surface area contributed by atoms with Crippen molar-refractivity contribution in [2.45, 2.75) is 6.18 Å². The van der Waals surface area contributed by atoms with Gasteiger partial charge in [0.1, 0.15) is 10.8 Å². The van der Waals surface area contributed by atoms with Crippen LogP contribution in [0, 0.1) is 0 Å². The maximum absolute atomic E-state index is 12.5. The van der Waals surface area contributed by atoms with E-state index < -0.39 is 11.9 Å². The summed E-state index contributed by atoms with van der Waals surface area (Å²) in [5.74, 6) is 0. The van der Waals surface area contributed by atoms with Gasteiger partial charge in [-0.05, 0) is 24.3 Å². The summed E-state index contributed by atoms with van der Waals surface area (Å²) in [7, 11) is 0. The van der Waals surface area contributed by atoms with Gasteiger partial charge in [-0.2, -0.15) is 13.2 Å². The Kier molecular flexibility index (Phi) is 4.40. The molecule has 0 radical (unpaired) electrons. The summed E-state index contributed by atoms with van der Waals surface area (Å²) >= 11 is 23.5. The zero-order chi connectivity index (χ0) is 15.1. The van der Waals surface area contributed by atoms with Crippen LogP contribution >= 0.6 is 46.4 Å². The minimum atomic E-state index is -4.57. The van der Waals surface area contributed by atoms with E-state index in [2.05, 4.69) is 4.98 Å². The van der Waals surface area contributed by atoms with Crippen LogP contribution in [0.15, 0.2) is 24.3 Å². The molecule has 0 bridgehead atoms. The molecule has 0 N–H and O–H groups in total. The third-order valence-corrected chi connectivity index (χ3v) is 3.73. The van der Waals surface area contributed by atoms with Gasteiger partial charge in [-0.3, -0.25) is 0 Å². The first-order valence-electron chi connectivity index (χ1n) is 5.09. The first-order valence-corrected chi connectivity index (χ1v) is 6.60. The molecule has 0 amide bonds. The Balaban J connectivity index is 2.60. The average molecular weight is 361 g/mol. The summed E-state index contributed by atoms with van der Waals surface area (Å²) < 4.78 is 37.6. The van der Waals surface area contributed by atoms with Gasteiger partial charge in [0.25, 0.3) is 0 Å². The van der Waals surface area contributed by atoms with Crippen molar-refractivity contribution in [3.63, 3.8) is 0 Å². The Morgan fingerprint density at radius 3 is 2.10 bits per heavy atom. The van der Waals surface area contributed by atoms with Gasteiger partial charge in [0.15, 0.2) is 0 Å². The van der Waals surface area contributed by atoms with Crippen LogP contribution in [-0.2, 0) is 6.18 Å². The first kappa shape index (κ1) is 15.7. The molecule has 2 aromatic rings. The van der Waals surface area contributed by atoms with Gasteiger partial charge >= 0.3 is 6.18 Å². The molecule has 1 aromatic heterocycles. The van der Waals surface area contributed by atoms with Crippen molar-refractivity contribution >= 4 is 46.4 Å². The van der Waals surface area contributed by atoms with Crippen LogP contribution in [-0.4, -0.2) is 4.98 Å². The van der Waals surface area contributed by atoms with Crippen LogP contribution in [0.25, 0.3) is 11.1 Å². The topological polar surface area (TPSA) is 12.9 Å². The van der Waals surface area contributed by atoms with Crippen LogP contribution in [0.1, 0.15) is 5.69 Å². The predicted octanol–water partition coefficient (Wildman–Crippen LogP) is 6.38. The third-order valence-electron chi connectivity index (χ3n) is 2.42. The molecule has 0 aliphatic rings.